The van der Waals surface area contributed by atoms with E-state index in [0.29, 0.717) is 5.75 Å². The van der Waals surface area contributed by atoms with Crippen molar-refractivity contribution >= 4 is 5.91 Å². The number of carbonyl (C=O) groups excluding carboxylic acids is 1. The van der Waals surface area contributed by atoms with Crippen molar-refractivity contribution in [3.05, 3.63) is 59.4 Å². The summed E-state index contributed by atoms with van der Waals surface area (Å²) < 4.78 is 31.8. The van der Waals surface area contributed by atoms with E-state index in [2.05, 4.69) is 10.3 Å². The summed E-state index contributed by atoms with van der Waals surface area (Å²) in [5.41, 5.74) is 0.354. The molecule has 21 heavy (non-hydrogen) atoms. The number of carbonyl (C=O) groups is 1. The summed E-state index contributed by atoms with van der Waals surface area (Å²) in [7, 11) is 1.52. The number of pyridine rings is 1. The second-order valence-electron chi connectivity index (χ2n) is 4.40. The molecule has 0 spiro atoms. The standard InChI is InChI=1S/C15H14F2N2O2/c1-9(10-5-3-4-6-12(10)21-2)19-15(20)11-7-8-18-14(17)13(11)16/h3-9H,1-2H3,(H,19,20). The molecule has 0 aliphatic heterocycles. The van der Waals surface area contributed by atoms with E-state index in [1.54, 1.807) is 31.2 Å². The zero-order chi connectivity index (χ0) is 15.4. The van der Waals surface area contributed by atoms with E-state index in [4.69, 9.17) is 4.74 Å². The van der Waals surface area contributed by atoms with Gasteiger partial charge in [0.15, 0.2) is 5.82 Å². The SMILES string of the molecule is COc1ccccc1C(C)NC(=O)c1ccnc(F)c1F. The molecule has 0 saturated heterocycles. The van der Waals surface area contributed by atoms with Crippen molar-refractivity contribution in [2.45, 2.75) is 13.0 Å². The number of nitrogens with one attached hydrogen (secondary N) is 1. The highest BCUT2D eigenvalue weighted by Crippen LogP contribution is 2.24. The first-order valence-electron chi connectivity index (χ1n) is 6.28. The Kier molecular flexibility index (Phi) is 4.47. The Bertz CT molecular complexity index is 662. The molecule has 110 valence electrons. The summed E-state index contributed by atoms with van der Waals surface area (Å²) >= 11 is 0. The van der Waals surface area contributed by atoms with Gasteiger partial charge in [-0.15, -0.1) is 0 Å². The molecule has 1 unspecified atom stereocenters. The third kappa shape index (κ3) is 3.16. The first kappa shape index (κ1) is 14.9. The smallest absolute Gasteiger partial charge is 0.254 e. The van der Waals surface area contributed by atoms with Crippen LogP contribution in [-0.2, 0) is 0 Å². The van der Waals surface area contributed by atoms with Crippen LogP contribution in [0, 0.1) is 11.8 Å². The molecule has 0 saturated carbocycles. The minimum Gasteiger partial charge on any atom is -0.496 e. The number of benzene rings is 1. The Morgan fingerprint density at radius 1 is 1.29 bits per heavy atom. The molecule has 6 heteroatoms. The van der Waals surface area contributed by atoms with E-state index in [-0.39, 0.29) is 5.56 Å². The van der Waals surface area contributed by atoms with Crippen molar-refractivity contribution < 1.29 is 18.3 Å². The molecule has 0 fully saturated rings. The second-order valence-corrected chi connectivity index (χ2v) is 4.40. The molecule has 0 radical (unpaired) electrons. The predicted molar refractivity (Wildman–Crippen MR) is 73.0 cm³/mol. The number of ether oxygens (including phenoxy) is 1. The fourth-order valence-corrected chi connectivity index (χ4v) is 1.97. The molecule has 1 atom stereocenters. The van der Waals surface area contributed by atoms with E-state index in [0.717, 1.165) is 17.8 Å². The molecule has 0 aliphatic carbocycles. The third-order valence-corrected chi connectivity index (χ3v) is 3.04. The van der Waals surface area contributed by atoms with Gasteiger partial charge in [0, 0.05) is 11.8 Å². The maximum atomic E-state index is 13.5. The van der Waals surface area contributed by atoms with Gasteiger partial charge < -0.3 is 10.1 Å². The lowest BCUT2D eigenvalue weighted by Gasteiger charge is -2.17. The maximum absolute atomic E-state index is 13.5. The molecule has 1 aromatic carbocycles. The summed E-state index contributed by atoms with van der Waals surface area (Å²) in [5, 5.41) is 2.60. The number of hydrogen-bond acceptors (Lipinski definition) is 3. The van der Waals surface area contributed by atoms with Gasteiger partial charge in [-0.05, 0) is 19.1 Å². The van der Waals surface area contributed by atoms with Crippen LogP contribution in [0.25, 0.3) is 0 Å². The van der Waals surface area contributed by atoms with Gasteiger partial charge in [0.05, 0.1) is 18.7 Å². The Hall–Kier alpha value is -2.50. The van der Waals surface area contributed by atoms with Crippen LogP contribution >= 0.6 is 0 Å². The average Bonchev–Trinajstić information content (AvgIpc) is 2.49. The van der Waals surface area contributed by atoms with Gasteiger partial charge in [-0.3, -0.25) is 4.79 Å². The highest BCUT2D eigenvalue weighted by molar-refractivity contribution is 5.94. The van der Waals surface area contributed by atoms with E-state index < -0.39 is 23.7 Å². The Labute approximate surface area is 120 Å². The molecule has 1 amide bonds. The normalized spacial score (nSPS) is 11.8. The van der Waals surface area contributed by atoms with E-state index in [1.165, 1.54) is 7.11 Å². The summed E-state index contributed by atoms with van der Waals surface area (Å²) in [6, 6.07) is 7.84. The molecule has 0 bridgehead atoms. The van der Waals surface area contributed by atoms with Crippen molar-refractivity contribution in [3.63, 3.8) is 0 Å². The first-order valence-corrected chi connectivity index (χ1v) is 6.28. The molecule has 1 N–H and O–H groups in total. The number of hydrogen-bond donors (Lipinski definition) is 1. The maximum Gasteiger partial charge on any atom is 0.254 e. The molecule has 0 aliphatic rings. The number of halogens is 2. The average molecular weight is 292 g/mol. The minimum atomic E-state index is -1.30. The third-order valence-electron chi connectivity index (χ3n) is 3.04. The monoisotopic (exact) mass is 292 g/mol. The zero-order valence-electron chi connectivity index (χ0n) is 11.6. The van der Waals surface area contributed by atoms with Gasteiger partial charge in [0.1, 0.15) is 5.75 Å². The summed E-state index contributed by atoms with van der Waals surface area (Å²) in [5.74, 6) is -2.67. The quantitative estimate of drug-likeness (QED) is 0.882. The van der Waals surface area contributed by atoms with Gasteiger partial charge in [0.25, 0.3) is 5.91 Å². The van der Waals surface area contributed by atoms with E-state index >= 15 is 0 Å². The molecule has 4 nitrogen and oxygen atoms in total. The minimum absolute atomic E-state index is 0.385. The molecule has 1 heterocycles. The van der Waals surface area contributed by atoms with Crippen molar-refractivity contribution in [1.29, 1.82) is 0 Å². The van der Waals surface area contributed by atoms with Gasteiger partial charge in [-0.1, -0.05) is 18.2 Å². The largest absolute Gasteiger partial charge is 0.496 e. The number of amides is 1. The zero-order valence-corrected chi connectivity index (χ0v) is 11.6. The summed E-state index contributed by atoms with van der Waals surface area (Å²) in [6.07, 6.45) is 1.04. The number of aromatic nitrogens is 1. The van der Waals surface area contributed by atoms with Crippen LogP contribution in [-0.4, -0.2) is 18.0 Å². The molecular formula is C15H14F2N2O2. The molecular weight excluding hydrogens is 278 g/mol. The Morgan fingerprint density at radius 3 is 2.71 bits per heavy atom. The molecule has 2 rings (SSSR count). The topological polar surface area (TPSA) is 51.2 Å². The molecule has 1 aromatic heterocycles. The lowest BCUT2D eigenvalue weighted by atomic mass is 10.1. The second kappa shape index (κ2) is 6.30. The lowest BCUT2D eigenvalue weighted by Crippen LogP contribution is -2.28. The van der Waals surface area contributed by atoms with Gasteiger partial charge in [0.2, 0.25) is 5.95 Å². The fourth-order valence-electron chi connectivity index (χ4n) is 1.97. The van der Waals surface area contributed by atoms with Crippen molar-refractivity contribution in [1.82, 2.24) is 10.3 Å². The van der Waals surface area contributed by atoms with E-state index in [9.17, 15) is 13.6 Å². The predicted octanol–water partition coefficient (Wildman–Crippen LogP) is 2.86. The van der Waals surface area contributed by atoms with Gasteiger partial charge in [-0.25, -0.2) is 9.37 Å². The number of rotatable bonds is 4. The fraction of sp³-hybridized carbons (Fsp3) is 0.200. The van der Waals surface area contributed by atoms with Crippen molar-refractivity contribution in [2.24, 2.45) is 0 Å². The van der Waals surface area contributed by atoms with Crippen LogP contribution in [0.15, 0.2) is 36.5 Å². The van der Waals surface area contributed by atoms with Crippen LogP contribution in [0.2, 0.25) is 0 Å². The number of methoxy groups -OCH3 is 1. The lowest BCUT2D eigenvalue weighted by molar-refractivity contribution is 0.0934. The van der Waals surface area contributed by atoms with Crippen molar-refractivity contribution in [3.8, 4) is 5.75 Å². The van der Waals surface area contributed by atoms with E-state index in [1.807, 2.05) is 0 Å². The van der Waals surface area contributed by atoms with Crippen LogP contribution in [0.5, 0.6) is 5.75 Å². The van der Waals surface area contributed by atoms with Gasteiger partial charge in [-0.2, -0.15) is 4.39 Å². The number of para-hydroxylation sites is 1. The van der Waals surface area contributed by atoms with Crippen LogP contribution < -0.4 is 10.1 Å². The highest BCUT2D eigenvalue weighted by Gasteiger charge is 2.19. The summed E-state index contributed by atoms with van der Waals surface area (Å²) in [6.45, 7) is 1.73. The summed E-state index contributed by atoms with van der Waals surface area (Å²) in [4.78, 5) is 15.2. The highest BCUT2D eigenvalue weighted by atomic mass is 19.2. The van der Waals surface area contributed by atoms with Crippen LogP contribution in [0.4, 0.5) is 8.78 Å². The number of nitrogens with zero attached hydrogens (tertiary/aromatic N) is 1. The van der Waals surface area contributed by atoms with Gasteiger partial charge >= 0.3 is 0 Å². The Morgan fingerprint density at radius 2 is 2.00 bits per heavy atom. The van der Waals surface area contributed by atoms with Crippen LogP contribution in [0.1, 0.15) is 28.9 Å². The van der Waals surface area contributed by atoms with Crippen LogP contribution in [0.3, 0.4) is 0 Å². The Balaban J connectivity index is 2.21. The molecule has 2 aromatic rings. The van der Waals surface area contributed by atoms with Crippen molar-refractivity contribution in [2.75, 3.05) is 7.11 Å². The first-order chi connectivity index (χ1) is 10.0.